The third-order valence-corrected chi connectivity index (χ3v) is 5.85. The quantitative estimate of drug-likeness (QED) is 0.425. The van der Waals surface area contributed by atoms with Crippen molar-refractivity contribution in [1.29, 1.82) is 0 Å². The lowest BCUT2D eigenvalue weighted by Gasteiger charge is -2.27. The fourth-order valence-electron chi connectivity index (χ4n) is 1.92. The van der Waals surface area contributed by atoms with Crippen molar-refractivity contribution in [2.45, 2.75) is 51.9 Å². The highest BCUT2D eigenvalue weighted by molar-refractivity contribution is 6.77. The molecule has 0 atom stereocenters. The first kappa shape index (κ1) is 14.9. The first-order chi connectivity index (χ1) is 7.05. The minimum absolute atomic E-state index is 0.984. The Bertz CT molecular complexity index is 160. The van der Waals surface area contributed by atoms with Crippen molar-refractivity contribution in [3.63, 3.8) is 0 Å². The van der Waals surface area contributed by atoms with Gasteiger partial charge in [0.05, 0.1) is 8.07 Å². The Kier molecular flexibility index (Phi) is 8.07. The summed E-state index contributed by atoms with van der Waals surface area (Å²) in [6, 6.07) is 2.68. The molecule has 0 aromatic heterocycles. The first-order valence-electron chi connectivity index (χ1n) is 6.39. The Morgan fingerprint density at radius 1 is 1.07 bits per heavy atom. The number of hydrogen-bond donors (Lipinski definition) is 0. The Hall–Kier alpha value is -0.0831. The standard InChI is InChI=1S/C13H29NSi/c1-6-9-14(10-7-2)11-13-15(4,5)12-8-3/h8H,3,6-7,9-13H2,1-2,4-5H3. The summed E-state index contributed by atoms with van der Waals surface area (Å²) in [5, 5.41) is 0. The van der Waals surface area contributed by atoms with Gasteiger partial charge in [-0.2, -0.15) is 0 Å². The van der Waals surface area contributed by atoms with Crippen molar-refractivity contribution in [2.75, 3.05) is 19.6 Å². The van der Waals surface area contributed by atoms with Crippen LogP contribution in [0.4, 0.5) is 0 Å². The minimum Gasteiger partial charge on any atom is -0.304 e. The molecule has 0 bridgehead atoms. The molecule has 0 rings (SSSR count). The fourth-order valence-corrected chi connectivity index (χ4v) is 3.83. The molecule has 90 valence electrons. The normalized spacial score (nSPS) is 12.1. The molecule has 0 aliphatic rings. The summed E-state index contributed by atoms with van der Waals surface area (Å²) in [6.07, 6.45) is 4.67. The van der Waals surface area contributed by atoms with E-state index in [9.17, 15) is 0 Å². The maximum atomic E-state index is 3.87. The molecule has 0 saturated heterocycles. The Labute approximate surface area is 97.6 Å². The van der Waals surface area contributed by atoms with Gasteiger partial charge in [0.15, 0.2) is 0 Å². The van der Waals surface area contributed by atoms with Gasteiger partial charge < -0.3 is 4.90 Å². The minimum atomic E-state index is -0.984. The number of hydrogen-bond acceptors (Lipinski definition) is 1. The average molecular weight is 227 g/mol. The summed E-state index contributed by atoms with van der Waals surface area (Å²) in [5.74, 6) is 0. The summed E-state index contributed by atoms with van der Waals surface area (Å²) in [6.45, 7) is 17.2. The topological polar surface area (TPSA) is 3.24 Å². The number of allylic oxidation sites excluding steroid dienone is 1. The molecule has 1 nitrogen and oxygen atoms in total. The van der Waals surface area contributed by atoms with Crippen LogP contribution in [0.5, 0.6) is 0 Å². The molecule has 2 heteroatoms. The number of nitrogens with zero attached hydrogens (tertiary/aromatic N) is 1. The third kappa shape index (κ3) is 7.80. The molecule has 0 saturated carbocycles. The zero-order chi connectivity index (χ0) is 11.7. The van der Waals surface area contributed by atoms with Gasteiger partial charge >= 0.3 is 0 Å². The van der Waals surface area contributed by atoms with Gasteiger partial charge in [-0.05, 0) is 44.6 Å². The van der Waals surface area contributed by atoms with E-state index in [2.05, 4.69) is 44.5 Å². The fraction of sp³-hybridized carbons (Fsp3) is 0.846. The molecule has 0 amide bonds. The SMILES string of the molecule is C=CC[Si](C)(C)CCN(CCC)CCC. The van der Waals surface area contributed by atoms with E-state index in [1.807, 2.05) is 0 Å². The van der Waals surface area contributed by atoms with Gasteiger partial charge in [-0.25, -0.2) is 0 Å². The van der Waals surface area contributed by atoms with Crippen molar-refractivity contribution < 1.29 is 0 Å². The van der Waals surface area contributed by atoms with E-state index < -0.39 is 8.07 Å². The van der Waals surface area contributed by atoms with Gasteiger partial charge in [-0.15, -0.1) is 6.58 Å². The predicted molar refractivity (Wildman–Crippen MR) is 74.3 cm³/mol. The van der Waals surface area contributed by atoms with E-state index >= 15 is 0 Å². The second kappa shape index (κ2) is 8.11. The van der Waals surface area contributed by atoms with E-state index in [1.54, 1.807) is 0 Å². The van der Waals surface area contributed by atoms with Crippen molar-refractivity contribution in [1.82, 2.24) is 4.90 Å². The van der Waals surface area contributed by atoms with Crippen LogP contribution < -0.4 is 0 Å². The summed E-state index contributed by atoms with van der Waals surface area (Å²) in [7, 11) is -0.984. The molecule has 0 unspecified atom stereocenters. The maximum Gasteiger partial charge on any atom is 0.0523 e. The summed E-state index contributed by atoms with van der Waals surface area (Å²) in [5.41, 5.74) is 0. The first-order valence-corrected chi connectivity index (χ1v) is 9.80. The molecular weight excluding hydrogens is 198 g/mol. The maximum absolute atomic E-state index is 3.87. The van der Waals surface area contributed by atoms with Gasteiger partial charge in [-0.3, -0.25) is 0 Å². The van der Waals surface area contributed by atoms with E-state index in [0.29, 0.717) is 0 Å². The molecule has 0 aliphatic carbocycles. The average Bonchev–Trinajstić information content (AvgIpc) is 2.15. The van der Waals surface area contributed by atoms with Crippen molar-refractivity contribution in [3.8, 4) is 0 Å². The highest BCUT2D eigenvalue weighted by Crippen LogP contribution is 2.16. The Balaban J connectivity index is 3.90. The van der Waals surface area contributed by atoms with Crippen LogP contribution in [0.15, 0.2) is 12.7 Å². The largest absolute Gasteiger partial charge is 0.304 e. The molecule has 0 heterocycles. The zero-order valence-corrected chi connectivity index (χ0v) is 12.2. The zero-order valence-electron chi connectivity index (χ0n) is 11.2. The molecule has 15 heavy (non-hydrogen) atoms. The van der Waals surface area contributed by atoms with Crippen LogP contribution in [0.2, 0.25) is 25.2 Å². The highest BCUT2D eigenvalue weighted by Gasteiger charge is 2.19. The van der Waals surface area contributed by atoms with E-state index in [4.69, 9.17) is 0 Å². The van der Waals surface area contributed by atoms with E-state index in [1.165, 1.54) is 44.6 Å². The van der Waals surface area contributed by atoms with Crippen LogP contribution in [0.1, 0.15) is 26.7 Å². The van der Waals surface area contributed by atoms with E-state index in [-0.39, 0.29) is 0 Å². The third-order valence-electron chi connectivity index (χ3n) is 2.88. The van der Waals surface area contributed by atoms with Crippen LogP contribution >= 0.6 is 0 Å². The molecule has 0 radical (unpaired) electrons. The Morgan fingerprint density at radius 2 is 1.60 bits per heavy atom. The lowest BCUT2D eigenvalue weighted by atomic mass is 10.3. The van der Waals surface area contributed by atoms with Crippen LogP contribution in [0.25, 0.3) is 0 Å². The molecule has 0 aromatic carbocycles. The second-order valence-electron chi connectivity index (χ2n) is 5.25. The summed E-state index contributed by atoms with van der Waals surface area (Å²) >= 11 is 0. The number of rotatable bonds is 9. The van der Waals surface area contributed by atoms with Crippen molar-refractivity contribution >= 4 is 8.07 Å². The molecule has 0 spiro atoms. The van der Waals surface area contributed by atoms with Crippen LogP contribution in [0, 0.1) is 0 Å². The summed E-state index contributed by atoms with van der Waals surface area (Å²) in [4.78, 5) is 2.62. The molecule has 0 aromatic rings. The van der Waals surface area contributed by atoms with E-state index in [0.717, 1.165) is 0 Å². The van der Waals surface area contributed by atoms with Gasteiger partial charge in [0.1, 0.15) is 0 Å². The monoisotopic (exact) mass is 227 g/mol. The van der Waals surface area contributed by atoms with Crippen molar-refractivity contribution in [3.05, 3.63) is 12.7 Å². The predicted octanol–water partition coefficient (Wildman–Crippen LogP) is 4.00. The lowest BCUT2D eigenvalue weighted by molar-refractivity contribution is 0.288. The van der Waals surface area contributed by atoms with Crippen LogP contribution in [0.3, 0.4) is 0 Å². The second-order valence-corrected chi connectivity index (χ2v) is 10.5. The molecule has 0 fully saturated rings. The lowest BCUT2D eigenvalue weighted by Crippen LogP contribution is -2.34. The van der Waals surface area contributed by atoms with Crippen LogP contribution in [-0.4, -0.2) is 32.6 Å². The van der Waals surface area contributed by atoms with Gasteiger partial charge in [0.25, 0.3) is 0 Å². The van der Waals surface area contributed by atoms with Gasteiger partial charge in [-0.1, -0.05) is 33.0 Å². The molecule has 0 N–H and O–H groups in total. The molecule has 0 aliphatic heterocycles. The Morgan fingerprint density at radius 3 is 2.00 bits per heavy atom. The summed E-state index contributed by atoms with van der Waals surface area (Å²) < 4.78 is 0. The van der Waals surface area contributed by atoms with Crippen molar-refractivity contribution in [2.24, 2.45) is 0 Å². The smallest absolute Gasteiger partial charge is 0.0523 e. The van der Waals surface area contributed by atoms with Crippen LogP contribution in [-0.2, 0) is 0 Å². The highest BCUT2D eigenvalue weighted by atomic mass is 28.3. The molecular formula is C13H29NSi. The van der Waals surface area contributed by atoms with Gasteiger partial charge in [0.2, 0.25) is 0 Å². The van der Waals surface area contributed by atoms with Gasteiger partial charge in [0, 0.05) is 0 Å².